The molecule has 0 saturated carbocycles. The first-order valence-electron chi connectivity index (χ1n) is 5.16. The van der Waals surface area contributed by atoms with Crippen LogP contribution in [0.4, 0.5) is 0 Å². The van der Waals surface area contributed by atoms with Crippen LogP contribution in [-0.4, -0.2) is 19.6 Å². The molecule has 1 amide bonds. The van der Waals surface area contributed by atoms with E-state index in [1.165, 1.54) is 11.3 Å². The van der Waals surface area contributed by atoms with E-state index in [1.807, 2.05) is 33.7 Å². The van der Waals surface area contributed by atoms with Crippen molar-refractivity contribution in [3.05, 3.63) is 44.8 Å². The maximum atomic E-state index is 11.7. The van der Waals surface area contributed by atoms with Gasteiger partial charge in [0.05, 0.1) is 0 Å². The molecule has 1 N–H and O–H groups in total. The molecule has 1 unspecified atom stereocenters. The Kier molecular flexibility index (Phi) is 4.30. The number of carbonyl (C=O) groups excluding carboxylic acids is 1. The van der Waals surface area contributed by atoms with E-state index in [0.29, 0.717) is 12.1 Å². The summed E-state index contributed by atoms with van der Waals surface area (Å²) < 4.78 is 5.36. The van der Waals surface area contributed by atoms with Crippen LogP contribution in [0, 0.1) is 0 Å². The predicted octanol–water partition coefficient (Wildman–Crippen LogP) is 2.93. The number of hydrogen-bond donors (Lipinski definition) is 1. The predicted molar refractivity (Wildman–Crippen MR) is 70.7 cm³/mol. The fourth-order valence-electron chi connectivity index (χ4n) is 1.48. The van der Waals surface area contributed by atoms with Gasteiger partial charge < -0.3 is 10.1 Å². The Morgan fingerprint density at radius 2 is 2.12 bits per heavy atom. The largest absolute Gasteiger partial charge is 0.375 e. The van der Waals surface area contributed by atoms with Crippen molar-refractivity contribution in [1.29, 1.82) is 0 Å². The highest BCUT2D eigenvalue weighted by Crippen LogP contribution is 2.18. The summed E-state index contributed by atoms with van der Waals surface area (Å²) >= 11 is 3.14. The number of ether oxygens (including phenoxy) is 1. The van der Waals surface area contributed by atoms with Crippen LogP contribution in [0.1, 0.15) is 22.0 Å². The lowest BCUT2D eigenvalue weighted by atomic mass is 10.2. The average Bonchev–Trinajstić information content (AvgIpc) is 3.02. The van der Waals surface area contributed by atoms with Gasteiger partial charge in [-0.05, 0) is 33.8 Å². The first kappa shape index (κ1) is 12.3. The van der Waals surface area contributed by atoms with E-state index >= 15 is 0 Å². The third-order valence-electron chi connectivity index (χ3n) is 2.43. The van der Waals surface area contributed by atoms with Crippen molar-refractivity contribution in [1.82, 2.24) is 5.32 Å². The van der Waals surface area contributed by atoms with Crippen molar-refractivity contribution in [2.75, 3.05) is 13.7 Å². The Bertz CT molecular complexity index is 451. The number of amides is 1. The Morgan fingerprint density at radius 1 is 1.35 bits per heavy atom. The molecule has 2 aromatic heterocycles. The summed E-state index contributed by atoms with van der Waals surface area (Å²) in [7, 11) is 1.65. The minimum absolute atomic E-state index is 0.0523. The lowest BCUT2D eigenvalue weighted by molar-refractivity contribution is 0.0829. The zero-order chi connectivity index (χ0) is 12.1. The SMILES string of the molecule is COC(CNC(=O)c1ccsc1)c1ccsc1. The van der Waals surface area contributed by atoms with E-state index < -0.39 is 0 Å². The molecule has 3 nitrogen and oxygen atoms in total. The Hall–Kier alpha value is -1.17. The van der Waals surface area contributed by atoms with E-state index in [0.717, 1.165) is 5.56 Å². The second-order valence-corrected chi connectivity index (χ2v) is 5.06. The van der Waals surface area contributed by atoms with Gasteiger partial charge in [0.15, 0.2) is 0 Å². The Labute approximate surface area is 108 Å². The lowest BCUT2D eigenvalue weighted by Crippen LogP contribution is -2.28. The number of carbonyl (C=O) groups is 1. The van der Waals surface area contributed by atoms with E-state index in [9.17, 15) is 4.79 Å². The summed E-state index contributed by atoms with van der Waals surface area (Å²) in [4.78, 5) is 11.7. The summed E-state index contributed by atoms with van der Waals surface area (Å²) in [5, 5.41) is 10.6. The Morgan fingerprint density at radius 3 is 2.71 bits per heavy atom. The molecular weight excluding hydrogens is 254 g/mol. The van der Waals surface area contributed by atoms with Gasteiger partial charge in [-0.15, -0.1) is 0 Å². The van der Waals surface area contributed by atoms with Gasteiger partial charge in [-0.2, -0.15) is 22.7 Å². The van der Waals surface area contributed by atoms with Gasteiger partial charge in [0, 0.05) is 24.6 Å². The van der Waals surface area contributed by atoms with Crippen molar-refractivity contribution in [2.24, 2.45) is 0 Å². The van der Waals surface area contributed by atoms with Crippen molar-refractivity contribution >= 4 is 28.6 Å². The van der Waals surface area contributed by atoms with Gasteiger partial charge in [0.1, 0.15) is 6.10 Å². The van der Waals surface area contributed by atoms with Crippen LogP contribution < -0.4 is 5.32 Å². The maximum absolute atomic E-state index is 11.7. The maximum Gasteiger partial charge on any atom is 0.252 e. The molecule has 2 rings (SSSR count). The van der Waals surface area contributed by atoms with Gasteiger partial charge >= 0.3 is 0 Å². The van der Waals surface area contributed by atoms with Crippen LogP contribution in [-0.2, 0) is 4.74 Å². The van der Waals surface area contributed by atoms with E-state index in [1.54, 1.807) is 18.4 Å². The smallest absolute Gasteiger partial charge is 0.252 e. The van der Waals surface area contributed by atoms with E-state index in [4.69, 9.17) is 4.74 Å². The van der Waals surface area contributed by atoms with E-state index in [2.05, 4.69) is 5.32 Å². The highest BCUT2D eigenvalue weighted by atomic mass is 32.1. The second-order valence-electron chi connectivity index (χ2n) is 3.50. The highest BCUT2D eigenvalue weighted by Gasteiger charge is 2.13. The summed E-state index contributed by atoms with van der Waals surface area (Å²) in [6.45, 7) is 0.488. The molecule has 2 aromatic rings. The van der Waals surface area contributed by atoms with Crippen LogP contribution in [0.25, 0.3) is 0 Å². The molecule has 90 valence electrons. The molecule has 0 aliphatic carbocycles. The van der Waals surface area contributed by atoms with Gasteiger partial charge in [0.2, 0.25) is 0 Å². The molecule has 0 fully saturated rings. The number of thiophene rings is 2. The van der Waals surface area contributed by atoms with Crippen molar-refractivity contribution in [2.45, 2.75) is 6.10 Å². The van der Waals surface area contributed by atoms with E-state index in [-0.39, 0.29) is 12.0 Å². The molecule has 0 radical (unpaired) electrons. The molecule has 0 spiro atoms. The third-order valence-corrected chi connectivity index (χ3v) is 3.82. The minimum Gasteiger partial charge on any atom is -0.375 e. The lowest BCUT2D eigenvalue weighted by Gasteiger charge is -2.14. The third kappa shape index (κ3) is 3.15. The quantitative estimate of drug-likeness (QED) is 0.904. The topological polar surface area (TPSA) is 38.3 Å². The van der Waals surface area contributed by atoms with Gasteiger partial charge in [0.25, 0.3) is 5.91 Å². The van der Waals surface area contributed by atoms with Crippen molar-refractivity contribution in [3.8, 4) is 0 Å². The zero-order valence-corrected chi connectivity index (χ0v) is 11.0. The normalized spacial score (nSPS) is 12.3. The molecule has 17 heavy (non-hydrogen) atoms. The van der Waals surface area contributed by atoms with Crippen LogP contribution in [0.5, 0.6) is 0 Å². The standard InChI is InChI=1S/C12H13NO2S2/c1-15-11(9-2-4-16-7-9)6-13-12(14)10-3-5-17-8-10/h2-5,7-8,11H,6H2,1H3,(H,13,14). The molecule has 0 aliphatic heterocycles. The number of rotatable bonds is 5. The fraction of sp³-hybridized carbons (Fsp3) is 0.250. The average molecular weight is 267 g/mol. The first-order valence-corrected chi connectivity index (χ1v) is 7.05. The van der Waals surface area contributed by atoms with Crippen LogP contribution in [0.2, 0.25) is 0 Å². The summed E-state index contributed by atoms with van der Waals surface area (Å²) in [5.74, 6) is -0.0523. The molecule has 0 saturated heterocycles. The first-order chi connectivity index (χ1) is 8.31. The highest BCUT2D eigenvalue weighted by molar-refractivity contribution is 7.08. The van der Waals surface area contributed by atoms with Crippen LogP contribution in [0.15, 0.2) is 33.7 Å². The molecular formula is C12H13NO2S2. The molecule has 0 aromatic carbocycles. The summed E-state index contributed by atoms with van der Waals surface area (Å²) in [6.07, 6.45) is -0.0798. The number of hydrogen-bond acceptors (Lipinski definition) is 4. The number of methoxy groups -OCH3 is 1. The van der Waals surface area contributed by atoms with Gasteiger partial charge in [-0.25, -0.2) is 0 Å². The monoisotopic (exact) mass is 267 g/mol. The van der Waals surface area contributed by atoms with Crippen molar-refractivity contribution in [3.63, 3.8) is 0 Å². The minimum atomic E-state index is -0.0798. The second kappa shape index (κ2) is 5.95. The van der Waals surface area contributed by atoms with Gasteiger partial charge in [-0.3, -0.25) is 4.79 Å². The fourth-order valence-corrected chi connectivity index (χ4v) is 2.81. The number of nitrogens with one attached hydrogen (secondary N) is 1. The Balaban J connectivity index is 1.91. The molecule has 2 heterocycles. The van der Waals surface area contributed by atoms with Crippen LogP contribution >= 0.6 is 22.7 Å². The van der Waals surface area contributed by atoms with Crippen molar-refractivity contribution < 1.29 is 9.53 Å². The summed E-state index contributed by atoms with van der Waals surface area (Å²) in [5.41, 5.74) is 1.80. The molecule has 0 bridgehead atoms. The molecule has 1 atom stereocenters. The van der Waals surface area contributed by atoms with Gasteiger partial charge in [-0.1, -0.05) is 0 Å². The van der Waals surface area contributed by atoms with Crippen LogP contribution in [0.3, 0.4) is 0 Å². The molecule has 5 heteroatoms. The zero-order valence-electron chi connectivity index (χ0n) is 9.38. The molecule has 0 aliphatic rings. The summed E-state index contributed by atoms with van der Waals surface area (Å²) in [6, 6.07) is 3.82.